The molecule has 1 saturated heterocycles. The molecule has 1 aliphatic carbocycles. The maximum absolute atomic E-state index is 11.8. The Morgan fingerprint density at radius 3 is 2.50 bits per heavy atom. The van der Waals surface area contributed by atoms with Crippen LogP contribution in [0, 0.1) is 0 Å². The van der Waals surface area contributed by atoms with E-state index in [1.54, 1.807) is 0 Å². The Morgan fingerprint density at radius 2 is 1.83 bits per heavy atom. The molecule has 0 aromatic rings. The van der Waals surface area contributed by atoms with Gasteiger partial charge < -0.3 is 10.6 Å². The molecule has 1 atom stereocenters. The molecule has 0 bridgehead atoms. The van der Waals surface area contributed by atoms with Crippen molar-refractivity contribution in [2.24, 2.45) is 0 Å². The van der Waals surface area contributed by atoms with Crippen LogP contribution in [0.3, 0.4) is 0 Å². The number of carbonyl (C=O) groups excluding carboxylic acids is 1. The number of rotatable bonds is 5. The Hall–Kier alpha value is -0.220. The smallest absolute Gasteiger partial charge is 0.234 e. The highest BCUT2D eigenvalue weighted by Crippen LogP contribution is 2.25. The zero-order valence-electron chi connectivity index (χ0n) is 11.2. The van der Waals surface area contributed by atoms with E-state index >= 15 is 0 Å². The van der Waals surface area contributed by atoms with E-state index in [4.69, 9.17) is 0 Å². The van der Waals surface area contributed by atoms with Crippen molar-refractivity contribution in [3.05, 3.63) is 0 Å². The molecule has 0 aromatic carbocycles. The minimum Gasteiger partial charge on any atom is -0.352 e. The van der Waals surface area contributed by atoms with Crippen LogP contribution in [0.25, 0.3) is 0 Å². The summed E-state index contributed by atoms with van der Waals surface area (Å²) in [4.78, 5) is 11.8. The summed E-state index contributed by atoms with van der Waals surface area (Å²) >= 11 is 2.04. The summed E-state index contributed by atoms with van der Waals surface area (Å²) in [5.41, 5.74) is 0. The SMILES string of the molecule is O=C(CNCC1CCCS1)NC1CCCCCC1. The monoisotopic (exact) mass is 270 g/mol. The van der Waals surface area contributed by atoms with Crippen molar-refractivity contribution in [1.82, 2.24) is 10.6 Å². The summed E-state index contributed by atoms with van der Waals surface area (Å²) in [5.74, 6) is 1.48. The van der Waals surface area contributed by atoms with Gasteiger partial charge in [0.2, 0.25) is 5.91 Å². The maximum atomic E-state index is 11.8. The van der Waals surface area contributed by atoms with E-state index in [2.05, 4.69) is 10.6 Å². The van der Waals surface area contributed by atoms with Crippen molar-refractivity contribution >= 4 is 17.7 Å². The summed E-state index contributed by atoms with van der Waals surface area (Å²) in [6.07, 6.45) is 10.2. The number of nitrogens with one attached hydrogen (secondary N) is 2. The minimum atomic E-state index is 0.185. The largest absolute Gasteiger partial charge is 0.352 e. The van der Waals surface area contributed by atoms with Gasteiger partial charge in [0.05, 0.1) is 6.54 Å². The number of hydrogen-bond donors (Lipinski definition) is 2. The van der Waals surface area contributed by atoms with Crippen molar-refractivity contribution in [2.75, 3.05) is 18.8 Å². The molecular formula is C14H26N2OS. The van der Waals surface area contributed by atoms with E-state index in [9.17, 15) is 4.79 Å². The quantitative estimate of drug-likeness (QED) is 0.753. The summed E-state index contributed by atoms with van der Waals surface area (Å²) < 4.78 is 0. The highest BCUT2D eigenvalue weighted by molar-refractivity contribution is 8.00. The molecular weight excluding hydrogens is 244 g/mol. The lowest BCUT2D eigenvalue weighted by Crippen LogP contribution is -2.41. The zero-order chi connectivity index (χ0) is 12.6. The minimum absolute atomic E-state index is 0.185. The van der Waals surface area contributed by atoms with Crippen LogP contribution in [-0.2, 0) is 4.79 Å². The molecule has 0 aromatic heterocycles. The number of amides is 1. The first-order valence-corrected chi connectivity index (χ1v) is 8.51. The maximum Gasteiger partial charge on any atom is 0.234 e. The normalized spacial score (nSPS) is 25.9. The van der Waals surface area contributed by atoms with Gasteiger partial charge in [-0.15, -0.1) is 0 Å². The van der Waals surface area contributed by atoms with Crippen LogP contribution in [0.5, 0.6) is 0 Å². The van der Waals surface area contributed by atoms with Gasteiger partial charge in [0.15, 0.2) is 0 Å². The third-order valence-electron chi connectivity index (χ3n) is 3.90. The number of hydrogen-bond acceptors (Lipinski definition) is 3. The third kappa shape index (κ3) is 5.19. The van der Waals surface area contributed by atoms with Crippen LogP contribution in [0.1, 0.15) is 51.4 Å². The predicted molar refractivity (Wildman–Crippen MR) is 78.0 cm³/mol. The fourth-order valence-electron chi connectivity index (χ4n) is 2.85. The first kappa shape index (κ1) is 14.2. The lowest BCUT2D eigenvalue weighted by Gasteiger charge is -2.17. The van der Waals surface area contributed by atoms with E-state index in [0.29, 0.717) is 12.6 Å². The van der Waals surface area contributed by atoms with Gasteiger partial charge in [-0.1, -0.05) is 25.7 Å². The van der Waals surface area contributed by atoms with E-state index in [1.807, 2.05) is 11.8 Å². The van der Waals surface area contributed by atoms with Crippen LogP contribution in [0.15, 0.2) is 0 Å². The fourth-order valence-corrected chi connectivity index (χ4v) is 4.09. The van der Waals surface area contributed by atoms with E-state index < -0.39 is 0 Å². The molecule has 1 unspecified atom stereocenters. The molecule has 4 heteroatoms. The topological polar surface area (TPSA) is 41.1 Å². The highest BCUT2D eigenvalue weighted by Gasteiger charge is 2.17. The summed E-state index contributed by atoms with van der Waals surface area (Å²) in [6.45, 7) is 1.48. The molecule has 3 nitrogen and oxygen atoms in total. The molecule has 1 saturated carbocycles. The van der Waals surface area contributed by atoms with Gasteiger partial charge in [0.1, 0.15) is 0 Å². The second-order valence-corrected chi connectivity index (χ2v) is 6.93. The number of carbonyl (C=O) groups is 1. The molecule has 2 aliphatic rings. The molecule has 104 valence electrons. The molecule has 0 radical (unpaired) electrons. The predicted octanol–water partition coefficient (Wildman–Crippen LogP) is 2.31. The molecule has 1 amide bonds. The summed E-state index contributed by atoms with van der Waals surface area (Å²) in [7, 11) is 0. The van der Waals surface area contributed by atoms with Gasteiger partial charge in [-0.05, 0) is 31.4 Å². The van der Waals surface area contributed by atoms with Gasteiger partial charge in [0.25, 0.3) is 0 Å². The van der Waals surface area contributed by atoms with Crippen LogP contribution < -0.4 is 10.6 Å². The third-order valence-corrected chi connectivity index (χ3v) is 5.30. The average Bonchev–Trinajstić information content (AvgIpc) is 2.74. The van der Waals surface area contributed by atoms with Crippen molar-refractivity contribution in [3.8, 4) is 0 Å². The molecule has 2 N–H and O–H groups in total. The van der Waals surface area contributed by atoms with Crippen LogP contribution in [0.2, 0.25) is 0 Å². The molecule has 18 heavy (non-hydrogen) atoms. The number of thioether (sulfide) groups is 1. The van der Waals surface area contributed by atoms with Crippen molar-refractivity contribution in [3.63, 3.8) is 0 Å². The van der Waals surface area contributed by atoms with E-state index in [1.165, 1.54) is 57.1 Å². The van der Waals surface area contributed by atoms with Crippen molar-refractivity contribution in [2.45, 2.75) is 62.7 Å². The lowest BCUT2D eigenvalue weighted by atomic mass is 10.1. The molecule has 0 spiro atoms. The summed E-state index contributed by atoms with van der Waals surface area (Å²) in [5, 5.41) is 7.21. The molecule has 2 fully saturated rings. The average molecular weight is 270 g/mol. The lowest BCUT2D eigenvalue weighted by molar-refractivity contribution is -0.121. The standard InChI is InChI=1S/C14H26N2OS/c17-14(11-15-10-13-8-5-9-18-13)16-12-6-3-1-2-4-7-12/h12-13,15H,1-11H2,(H,16,17). The second kappa shape index (κ2) is 8.05. The second-order valence-electron chi connectivity index (χ2n) is 5.52. The molecule has 1 heterocycles. The Labute approximate surface area is 115 Å². The first-order chi connectivity index (χ1) is 8.84. The first-order valence-electron chi connectivity index (χ1n) is 7.46. The van der Waals surface area contributed by atoms with Crippen molar-refractivity contribution < 1.29 is 4.79 Å². The zero-order valence-corrected chi connectivity index (χ0v) is 12.1. The molecule has 1 aliphatic heterocycles. The Balaban J connectivity index is 1.56. The Bertz CT molecular complexity index is 246. The summed E-state index contributed by atoms with van der Waals surface area (Å²) in [6, 6.07) is 0.433. The fraction of sp³-hybridized carbons (Fsp3) is 0.929. The molecule has 2 rings (SSSR count). The van der Waals surface area contributed by atoms with Crippen molar-refractivity contribution in [1.29, 1.82) is 0 Å². The highest BCUT2D eigenvalue weighted by atomic mass is 32.2. The van der Waals surface area contributed by atoms with Crippen LogP contribution >= 0.6 is 11.8 Å². The van der Waals surface area contributed by atoms with Gasteiger partial charge in [-0.2, -0.15) is 11.8 Å². The van der Waals surface area contributed by atoms with Gasteiger partial charge >= 0.3 is 0 Å². The van der Waals surface area contributed by atoms with Gasteiger partial charge in [0, 0.05) is 17.8 Å². The van der Waals surface area contributed by atoms with E-state index in [-0.39, 0.29) is 5.91 Å². The van der Waals surface area contributed by atoms with Crippen LogP contribution in [-0.4, -0.2) is 36.0 Å². The van der Waals surface area contributed by atoms with Gasteiger partial charge in [-0.3, -0.25) is 4.79 Å². The Kier molecular flexibility index (Phi) is 6.35. The van der Waals surface area contributed by atoms with Gasteiger partial charge in [-0.25, -0.2) is 0 Å². The van der Waals surface area contributed by atoms with E-state index in [0.717, 1.165) is 11.8 Å². The Morgan fingerprint density at radius 1 is 1.06 bits per heavy atom. The van der Waals surface area contributed by atoms with Crippen LogP contribution in [0.4, 0.5) is 0 Å².